The summed E-state index contributed by atoms with van der Waals surface area (Å²) in [5.41, 5.74) is -2.90. The second kappa shape index (κ2) is 4.63. The summed E-state index contributed by atoms with van der Waals surface area (Å²) < 4.78 is 42.5. The molecule has 90 valence electrons. The lowest BCUT2D eigenvalue weighted by atomic mass is 10.0. The molecule has 1 rings (SSSR count). The summed E-state index contributed by atoms with van der Waals surface area (Å²) in [6.45, 7) is 0. The van der Waals surface area contributed by atoms with Crippen LogP contribution >= 0.6 is 11.6 Å². The summed E-state index contributed by atoms with van der Waals surface area (Å²) in [6.07, 6.45) is -4.86. The Morgan fingerprint density at radius 1 is 1.47 bits per heavy atom. The van der Waals surface area contributed by atoms with Gasteiger partial charge in [0, 0.05) is 0 Å². The summed E-state index contributed by atoms with van der Waals surface area (Å²) in [4.78, 5) is 11.3. The molecule has 0 spiro atoms. The highest BCUT2D eigenvalue weighted by Crippen LogP contribution is 2.37. The van der Waals surface area contributed by atoms with Gasteiger partial charge < -0.3 is 4.74 Å². The number of esters is 1. The minimum Gasteiger partial charge on any atom is -0.465 e. The number of hydrogen-bond donors (Lipinski definition) is 0. The molecule has 0 radical (unpaired) electrons. The van der Waals surface area contributed by atoms with Gasteiger partial charge in [0.25, 0.3) is 0 Å². The lowest BCUT2D eigenvalue weighted by Gasteiger charge is -2.14. The number of carbonyl (C=O) groups is 1. The van der Waals surface area contributed by atoms with Crippen LogP contribution in [-0.4, -0.2) is 13.1 Å². The summed E-state index contributed by atoms with van der Waals surface area (Å²) in [5.74, 6) is -1.24. The molecule has 0 N–H and O–H groups in total. The number of halogens is 4. The maximum absolute atomic E-state index is 12.8. The lowest BCUT2D eigenvalue weighted by molar-refractivity contribution is -0.138. The number of methoxy groups -OCH3 is 1. The fourth-order valence-electron chi connectivity index (χ4n) is 1.27. The second-order valence-corrected chi connectivity index (χ2v) is 3.35. The topological polar surface area (TPSA) is 50.1 Å². The van der Waals surface area contributed by atoms with E-state index in [1.54, 1.807) is 0 Å². The van der Waals surface area contributed by atoms with E-state index >= 15 is 0 Å². The van der Waals surface area contributed by atoms with Crippen molar-refractivity contribution in [1.82, 2.24) is 0 Å². The minimum absolute atomic E-state index is 0.414. The van der Waals surface area contributed by atoms with Crippen molar-refractivity contribution in [2.45, 2.75) is 6.18 Å². The van der Waals surface area contributed by atoms with E-state index in [1.165, 1.54) is 6.07 Å². The van der Waals surface area contributed by atoms with E-state index in [4.69, 9.17) is 16.9 Å². The first kappa shape index (κ1) is 13.3. The molecule has 0 heterocycles. The van der Waals surface area contributed by atoms with Crippen LogP contribution in [-0.2, 0) is 10.9 Å². The van der Waals surface area contributed by atoms with Gasteiger partial charge in [0.1, 0.15) is 0 Å². The van der Waals surface area contributed by atoms with Crippen molar-refractivity contribution in [1.29, 1.82) is 5.26 Å². The highest BCUT2D eigenvalue weighted by Gasteiger charge is 2.39. The molecule has 0 amide bonds. The predicted octanol–water partition coefficient (Wildman–Crippen LogP) is 3.02. The number of ether oxygens (including phenoxy) is 1. The minimum atomic E-state index is -4.86. The average Bonchev–Trinajstić information content (AvgIpc) is 2.26. The molecular formula is C10H5ClF3NO2. The summed E-state index contributed by atoms with van der Waals surface area (Å²) in [7, 11) is 0.928. The Labute approximate surface area is 99.4 Å². The molecule has 0 saturated carbocycles. The number of nitriles is 1. The Morgan fingerprint density at radius 2 is 2.06 bits per heavy atom. The van der Waals surface area contributed by atoms with Crippen LogP contribution in [0.4, 0.5) is 13.2 Å². The summed E-state index contributed by atoms with van der Waals surface area (Å²) >= 11 is 5.53. The van der Waals surface area contributed by atoms with Gasteiger partial charge in [0.15, 0.2) is 0 Å². The van der Waals surface area contributed by atoms with E-state index in [9.17, 15) is 18.0 Å². The SMILES string of the molecule is COC(=O)c1c(Cl)ccc(C#N)c1C(F)(F)F. The number of nitrogens with zero attached hydrogens (tertiary/aromatic N) is 1. The number of rotatable bonds is 1. The maximum Gasteiger partial charge on any atom is 0.418 e. The second-order valence-electron chi connectivity index (χ2n) is 2.95. The first-order chi connectivity index (χ1) is 7.82. The summed E-state index contributed by atoms with van der Waals surface area (Å²) in [5, 5.41) is 8.19. The van der Waals surface area contributed by atoms with Gasteiger partial charge >= 0.3 is 12.1 Å². The van der Waals surface area contributed by atoms with Crippen LogP contribution in [0.5, 0.6) is 0 Å². The van der Waals surface area contributed by atoms with E-state index in [2.05, 4.69) is 4.74 Å². The van der Waals surface area contributed by atoms with Crippen LogP contribution < -0.4 is 0 Å². The Kier molecular flexibility index (Phi) is 3.63. The standard InChI is InChI=1S/C10H5ClF3NO2/c1-17-9(16)7-6(11)3-2-5(4-15)8(7)10(12,13)14/h2-3H,1H3. The van der Waals surface area contributed by atoms with E-state index in [1.807, 2.05) is 0 Å². The predicted molar refractivity (Wildman–Crippen MR) is 52.5 cm³/mol. The fourth-order valence-corrected chi connectivity index (χ4v) is 1.50. The van der Waals surface area contributed by atoms with E-state index in [0.717, 1.165) is 19.2 Å². The molecule has 1 aromatic carbocycles. The monoisotopic (exact) mass is 263 g/mol. The van der Waals surface area contributed by atoms with Crippen molar-refractivity contribution in [2.24, 2.45) is 0 Å². The van der Waals surface area contributed by atoms with Crippen molar-refractivity contribution >= 4 is 17.6 Å². The molecule has 1 aromatic rings. The number of carbonyl (C=O) groups excluding carboxylic acids is 1. The third-order valence-electron chi connectivity index (χ3n) is 1.95. The van der Waals surface area contributed by atoms with Crippen molar-refractivity contribution in [3.63, 3.8) is 0 Å². The first-order valence-corrected chi connectivity index (χ1v) is 4.58. The quantitative estimate of drug-likeness (QED) is 0.732. The Hall–Kier alpha value is -1.74. The van der Waals surface area contributed by atoms with Gasteiger partial charge in [-0.25, -0.2) is 4.79 Å². The zero-order valence-electron chi connectivity index (χ0n) is 8.43. The Morgan fingerprint density at radius 3 is 2.47 bits per heavy atom. The van der Waals surface area contributed by atoms with Gasteiger partial charge in [0.2, 0.25) is 0 Å². The van der Waals surface area contributed by atoms with Crippen LogP contribution in [0.1, 0.15) is 21.5 Å². The summed E-state index contributed by atoms with van der Waals surface area (Å²) in [6, 6.07) is 3.31. The van der Waals surface area contributed by atoms with E-state index in [0.29, 0.717) is 0 Å². The van der Waals surface area contributed by atoms with Crippen LogP contribution in [0.25, 0.3) is 0 Å². The molecule has 7 heteroatoms. The normalized spacial score (nSPS) is 10.8. The number of benzene rings is 1. The van der Waals surface area contributed by atoms with Crippen LogP contribution in [0.15, 0.2) is 12.1 Å². The molecule has 0 fully saturated rings. The molecule has 0 aliphatic heterocycles. The van der Waals surface area contributed by atoms with E-state index in [-0.39, 0.29) is 0 Å². The van der Waals surface area contributed by atoms with Gasteiger partial charge in [-0.1, -0.05) is 11.6 Å². The number of hydrogen-bond acceptors (Lipinski definition) is 3. The van der Waals surface area contributed by atoms with Crippen molar-refractivity contribution in [3.8, 4) is 6.07 Å². The molecule has 0 aliphatic carbocycles. The molecule has 17 heavy (non-hydrogen) atoms. The fraction of sp³-hybridized carbons (Fsp3) is 0.200. The van der Waals surface area contributed by atoms with Gasteiger partial charge in [-0.3, -0.25) is 0 Å². The van der Waals surface area contributed by atoms with Gasteiger partial charge in [-0.2, -0.15) is 18.4 Å². The zero-order chi connectivity index (χ0) is 13.2. The molecule has 0 saturated heterocycles. The highest BCUT2D eigenvalue weighted by atomic mass is 35.5. The number of alkyl halides is 3. The molecule has 0 aliphatic rings. The third-order valence-corrected chi connectivity index (χ3v) is 2.26. The Bertz CT molecular complexity index is 505. The molecule has 0 atom stereocenters. The third kappa shape index (κ3) is 2.50. The lowest BCUT2D eigenvalue weighted by Crippen LogP contribution is -2.17. The average molecular weight is 264 g/mol. The van der Waals surface area contributed by atoms with Crippen molar-refractivity contribution in [3.05, 3.63) is 33.8 Å². The van der Waals surface area contributed by atoms with Crippen molar-refractivity contribution in [2.75, 3.05) is 7.11 Å². The van der Waals surface area contributed by atoms with Crippen molar-refractivity contribution < 1.29 is 22.7 Å². The zero-order valence-corrected chi connectivity index (χ0v) is 9.19. The molecule has 3 nitrogen and oxygen atoms in total. The molecule has 0 aromatic heterocycles. The van der Waals surface area contributed by atoms with Gasteiger partial charge in [-0.05, 0) is 12.1 Å². The Balaban J connectivity index is 3.68. The molecule has 0 unspecified atom stereocenters. The highest BCUT2D eigenvalue weighted by molar-refractivity contribution is 6.33. The largest absolute Gasteiger partial charge is 0.465 e. The van der Waals surface area contributed by atoms with Crippen LogP contribution in [0.2, 0.25) is 5.02 Å². The van der Waals surface area contributed by atoms with Gasteiger partial charge in [-0.15, -0.1) is 0 Å². The molecular weight excluding hydrogens is 259 g/mol. The maximum atomic E-state index is 12.8. The van der Waals surface area contributed by atoms with Crippen LogP contribution in [0, 0.1) is 11.3 Å². The van der Waals surface area contributed by atoms with Crippen LogP contribution in [0.3, 0.4) is 0 Å². The van der Waals surface area contributed by atoms with Gasteiger partial charge in [0.05, 0.1) is 34.9 Å². The first-order valence-electron chi connectivity index (χ1n) is 4.21. The van der Waals surface area contributed by atoms with E-state index < -0.39 is 33.9 Å². The smallest absolute Gasteiger partial charge is 0.418 e. The molecule has 0 bridgehead atoms.